The Kier molecular flexibility index (Phi) is 6.96. The lowest BCUT2D eigenvalue weighted by molar-refractivity contribution is -0.135. The van der Waals surface area contributed by atoms with E-state index in [-0.39, 0.29) is 36.3 Å². The summed E-state index contributed by atoms with van der Waals surface area (Å²) in [4.78, 5) is 13.9. The predicted molar refractivity (Wildman–Crippen MR) is 77.7 cm³/mol. The van der Waals surface area contributed by atoms with Crippen molar-refractivity contribution >= 4 is 18.3 Å². The summed E-state index contributed by atoms with van der Waals surface area (Å²) in [5.74, 6) is -0.110. The molecule has 102 valence electrons. The Balaban J connectivity index is 0.00000289. The molecular formula is C14H23ClN2O. The fourth-order valence-electron chi connectivity index (χ4n) is 1.69. The van der Waals surface area contributed by atoms with Crippen LogP contribution in [0.15, 0.2) is 30.3 Å². The van der Waals surface area contributed by atoms with Crippen LogP contribution in [-0.2, 0) is 4.79 Å². The Hall–Kier alpha value is -1.06. The monoisotopic (exact) mass is 270 g/mol. The zero-order valence-corrected chi connectivity index (χ0v) is 12.3. The SMILES string of the molecule is CC(C(=O)N(C)C(C)C)C(N)c1ccccc1.Cl. The molecule has 0 spiro atoms. The summed E-state index contributed by atoms with van der Waals surface area (Å²) in [5.41, 5.74) is 7.13. The van der Waals surface area contributed by atoms with Gasteiger partial charge in [0.1, 0.15) is 0 Å². The normalized spacial score (nSPS) is 13.7. The lowest BCUT2D eigenvalue weighted by atomic mass is 9.94. The zero-order valence-electron chi connectivity index (χ0n) is 11.5. The first-order chi connectivity index (χ1) is 7.95. The van der Waals surface area contributed by atoms with Gasteiger partial charge in [-0.1, -0.05) is 37.3 Å². The van der Waals surface area contributed by atoms with Gasteiger partial charge in [-0.25, -0.2) is 0 Å². The van der Waals surface area contributed by atoms with Crippen LogP contribution >= 0.6 is 12.4 Å². The van der Waals surface area contributed by atoms with Crippen molar-refractivity contribution in [3.8, 4) is 0 Å². The quantitative estimate of drug-likeness (QED) is 0.914. The molecule has 1 rings (SSSR count). The molecule has 2 N–H and O–H groups in total. The fourth-order valence-corrected chi connectivity index (χ4v) is 1.69. The average Bonchev–Trinajstić information content (AvgIpc) is 2.36. The van der Waals surface area contributed by atoms with Crippen LogP contribution in [0, 0.1) is 5.92 Å². The van der Waals surface area contributed by atoms with Crippen molar-refractivity contribution in [2.75, 3.05) is 7.05 Å². The first kappa shape index (κ1) is 16.9. The van der Waals surface area contributed by atoms with Gasteiger partial charge in [0.15, 0.2) is 0 Å². The second kappa shape index (κ2) is 7.39. The average molecular weight is 271 g/mol. The van der Waals surface area contributed by atoms with Gasteiger partial charge in [-0.05, 0) is 19.4 Å². The minimum atomic E-state index is -0.245. The molecule has 0 heterocycles. The molecular weight excluding hydrogens is 248 g/mol. The number of carbonyl (C=O) groups excluding carboxylic acids is 1. The first-order valence-electron chi connectivity index (χ1n) is 6.02. The molecule has 3 nitrogen and oxygen atoms in total. The number of nitrogens with zero attached hydrogens (tertiary/aromatic N) is 1. The number of carbonyl (C=O) groups is 1. The van der Waals surface area contributed by atoms with Gasteiger partial charge in [-0.2, -0.15) is 0 Å². The molecule has 4 heteroatoms. The number of rotatable bonds is 4. The van der Waals surface area contributed by atoms with E-state index in [1.165, 1.54) is 0 Å². The van der Waals surface area contributed by atoms with Crippen molar-refractivity contribution in [1.29, 1.82) is 0 Å². The molecule has 0 saturated heterocycles. The number of hydrogen-bond acceptors (Lipinski definition) is 2. The maximum absolute atomic E-state index is 12.1. The van der Waals surface area contributed by atoms with Gasteiger partial charge in [0.2, 0.25) is 5.91 Å². The molecule has 0 aliphatic heterocycles. The van der Waals surface area contributed by atoms with E-state index in [1.54, 1.807) is 4.90 Å². The van der Waals surface area contributed by atoms with Crippen molar-refractivity contribution in [2.24, 2.45) is 11.7 Å². The highest BCUT2D eigenvalue weighted by molar-refractivity contribution is 5.85. The molecule has 0 aliphatic rings. The van der Waals surface area contributed by atoms with Gasteiger partial charge in [0, 0.05) is 19.1 Å². The van der Waals surface area contributed by atoms with Gasteiger partial charge < -0.3 is 10.6 Å². The van der Waals surface area contributed by atoms with Gasteiger partial charge in [-0.3, -0.25) is 4.79 Å². The van der Waals surface area contributed by atoms with Crippen LogP contribution in [0.5, 0.6) is 0 Å². The smallest absolute Gasteiger partial charge is 0.227 e. The molecule has 18 heavy (non-hydrogen) atoms. The predicted octanol–water partition coefficient (Wildman–Crippen LogP) is 2.61. The van der Waals surface area contributed by atoms with Crippen LogP contribution in [0.25, 0.3) is 0 Å². The maximum atomic E-state index is 12.1. The highest BCUT2D eigenvalue weighted by Gasteiger charge is 2.25. The van der Waals surface area contributed by atoms with Crippen molar-refractivity contribution in [3.05, 3.63) is 35.9 Å². The lowest BCUT2D eigenvalue weighted by Crippen LogP contribution is -2.40. The Morgan fingerprint density at radius 1 is 1.17 bits per heavy atom. The molecule has 1 aromatic rings. The third-order valence-electron chi connectivity index (χ3n) is 3.23. The Bertz CT molecular complexity index is 367. The largest absolute Gasteiger partial charge is 0.343 e. The summed E-state index contributed by atoms with van der Waals surface area (Å²) in [6, 6.07) is 9.71. The molecule has 2 unspecified atom stereocenters. The van der Waals surface area contributed by atoms with E-state index in [9.17, 15) is 4.79 Å². The van der Waals surface area contributed by atoms with Gasteiger partial charge in [0.05, 0.1) is 5.92 Å². The zero-order chi connectivity index (χ0) is 13.0. The third kappa shape index (κ3) is 4.00. The van der Waals surface area contributed by atoms with Crippen LogP contribution in [0.4, 0.5) is 0 Å². The Morgan fingerprint density at radius 2 is 1.67 bits per heavy atom. The van der Waals surface area contributed by atoms with Crippen molar-refractivity contribution < 1.29 is 4.79 Å². The number of hydrogen-bond donors (Lipinski definition) is 1. The van der Waals surface area contributed by atoms with E-state index in [0.717, 1.165) is 5.56 Å². The summed E-state index contributed by atoms with van der Waals surface area (Å²) in [5, 5.41) is 0. The van der Waals surface area contributed by atoms with Crippen LogP contribution in [0.3, 0.4) is 0 Å². The summed E-state index contributed by atoms with van der Waals surface area (Å²) < 4.78 is 0. The van der Waals surface area contributed by atoms with E-state index in [0.29, 0.717) is 0 Å². The summed E-state index contributed by atoms with van der Waals surface area (Å²) in [7, 11) is 1.82. The van der Waals surface area contributed by atoms with Gasteiger partial charge in [-0.15, -0.1) is 12.4 Å². The third-order valence-corrected chi connectivity index (χ3v) is 3.23. The highest BCUT2D eigenvalue weighted by atomic mass is 35.5. The minimum absolute atomic E-state index is 0. The first-order valence-corrected chi connectivity index (χ1v) is 6.02. The molecule has 1 amide bonds. The lowest BCUT2D eigenvalue weighted by Gasteiger charge is -2.28. The van der Waals surface area contributed by atoms with E-state index < -0.39 is 0 Å². The summed E-state index contributed by atoms with van der Waals surface area (Å²) in [6.07, 6.45) is 0. The highest BCUT2D eigenvalue weighted by Crippen LogP contribution is 2.21. The Labute approximate surface area is 116 Å². The van der Waals surface area contributed by atoms with Crippen molar-refractivity contribution in [3.63, 3.8) is 0 Å². The Morgan fingerprint density at radius 3 is 2.11 bits per heavy atom. The molecule has 0 aromatic heterocycles. The van der Waals surface area contributed by atoms with E-state index in [1.807, 2.05) is 58.2 Å². The molecule has 1 aromatic carbocycles. The summed E-state index contributed by atoms with van der Waals surface area (Å²) in [6.45, 7) is 5.89. The fraction of sp³-hybridized carbons (Fsp3) is 0.500. The van der Waals surface area contributed by atoms with Gasteiger partial charge >= 0.3 is 0 Å². The number of amides is 1. The number of nitrogens with two attached hydrogens (primary N) is 1. The van der Waals surface area contributed by atoms with Crippen LogP contribution in [0.1, 0.15) is 32.4 Å². The molecule has 0 bridgehead atoms. The minimum Gasteiger partial charge on any atom is -0.343 e. The number of benzene rings is 1. The standard InChI is InChI=1S/C14H22N2O.ClH/c1-10(2)16(4)14(17)11(3)13(15)12-8-6-5-7-9-12;/h5-11,13H,15H2,1-4H3;1H. The molecule has 0 radical (unpaired) electrons. The topological polar surface area (TPSA) is 46.3 Å². The van der Waals surface area contributed by atoms with E-state index in [4.69, 9.17) is 5.73 Å². The second-order valence-electron chi connectivity index (χ2n) is 4.77. The molecule has 0 aliphatic carbocycles. The van der Waals surface area contributed by atoms with E-state index >= 15 is 0 Å². The van der Waals surface area contributed by atoms with Crippen molar-refractivity contribution in [2.45, 2.75) is 32.9 Å². The molecule has 0 saturated carbocycles. The maximum Gasteiger partial charge on any atom is 0.227 e. The second-order valence-corrected chi connectivity index (χ2v) is 4.77. The van der Waals surface area contributed by atoms with E-state index in [2.05, 4.69) is 0 Å². The van der Waals surface area contributed by atoms with Gasteiger partial charge in [0.25, 0.3) is 0 Å². The van der Waals surface area contributed by atoms with Crippen LogP contribution < -0.4 is 5.73 Å². The molecule has 0 fully saturated rings. The van der Waals surface area contributed by atoms with Crippen molar-refractivity contribution in [1.82, 2.24) is 4.90 Å². The van der Waals surface area contributed by atoms with Crippen LogP contribution in [-0.4, -0.2) is 23.9 Å². The summed E-state index contributed by atoms with van der Waals surface area (Å²) >= 11 is 0. The molecule has 2 atom stereocenters. The van der Waals surface area contributed by atoms with Crippen LogP contribution in [0.2, 0.25) is 0 Å². The number of halogens is 1.